The predicted octanol–water partition coefficient (Wildman–Crippen LogP) is 4.51. The Balaban J connectivity index is 1.60. The van der Waals surface area contributed by atoms with Crippen LogP contribution in [-0.4, -0.2) is 38.4 Å². The third kappa shape index (κ3) is 5.28. The van der Waals surface area contributed by atoms with Crippen LogP contribution in [0.2, 0.25) is 4.82 Å². The second kappa shape index (κ2) is 10.5. The summed E-state index contributed by atoms with van der Waals surface area (Å²) in [6.45, 7) is 6.79. The van der Waals surface area contributed by atoms with E-state index in [4.69, 9.17) is 9.47 Å². The van der Waals surface area contributed by atoms with Crippen LogP contribution in [0, 0.1) is 23.7 Å². The van der Waals surface area contributed by atoms with Crippen molar-refractivity contribution in [1.29, 1.82) is 0 Å². The molecule has 1 aliphatic carbocycles. The third-order valence-corrected chi connectivity index (χ3v) is 9.69. The van der Waals surface area contributed by atoms with Crippen molar-refractivity contribution in [2.75, 3.05) is 0 Å². The number of aliphatic hydroxyl groups is 1. The van der Waals surface area contributed by atoms with Crippen LogP contribution < -0.4 is 4.46 Å². The summed E-state index contributed by atoms with van der Waals surface area (Å²) >= 11 is -0.0773. The van der Waals surface area contributed by atoms with E-state index in [1.54, 1.807) is 0 Å². The van der Waals surface area contributed by atoms with Crippen LogP contribution in [0.3, 0.4) is 0 Å². The number of esters is 1. The van der Waals surface area contributed by atoms with Crippen molar-refractivity contribution >= 4 is 25.4 Å². The van der Waals surface area contributed by atoms with Crippen LogP contribution in [-0.2, 0) is 14.3 Å². The van der Waals surface area contributed by atoms with Gasteiger partial charge in [-0.2, -0.15) is 0 Å². The molecule has 1 heterocycles. The molecule has 0 spiro atoms. The Kier molecular flexibility index (Phi) is 7.73. The maximum atomic E-state index is 13.1. The van der Waals surface area contributed by atoms with Gasteiger partial charge in [-0.05, 0) is 0 Å². The molecule has 2 aliphatic rings. The van der Waals surface area contributed by atoms with E-state index in [-0.39, 0.29) is 31.8 Å². The molecule has 1 N–H and O–H groups in total. The van der Waals surface area contributed by atoms with Crippen molar-refractivity contribution in [1.82, 2.24) is 0 Å². The number of ether oxygens (including phenoxy) is 2. The summed E-state index contributed by atoms with van der Waals surface area (Å²) in [6, 6.07) is 19.6. The first-order chi connectivity index (χ1) is 15.4. The van der Waals surface area contributed by atoms with Gasteiger partial charge in [0.2, 0.25) is 0 Å². The van der Waals surface area contributed by atoms with Crippen LogP contribution >= 0.6 is 0 Å². The number of benzene rings is 2. The number of carbonyl (C=O) groups excluding carboxylic acids is 1. The average Bonchev–Trinajstić information content (AvgIpc) is 3.08. The molecule has 0 aromatic heterocycles. The van der Waals surface area contributed by atoms with E-state index in [1.165, 1.54) is 10.9 Å². The van der Waals surface area contributed by atoms with Gasteiger partial charge in [0.05, 0.1) is 0 Å². The Morgan fingerprint density at radius 3 is 2.34 bits per heavy atom. The Hall–Kier alpha value is -1.65. The zero-order chi connectivity index (χ0) is 22.7. The summed E-state index contributed by atoms with van der Waals surface area (Å²) in [5.74, 6) is 0.623. The molecule has 5 heteroatoms. The zero-order valence-electron chi connectivity index (χ0n) is 19.1. The molecule has 2 aromatic carbocycles. The summed E-state index contributed by atoms with van der Waals surface area (Å²) < 4.78 is 13.7. The molecule has 2 aromatic rings. The first-order valence-corrected chi connectivity index (χ1v) is 13.6. The van der Waals surface area contributed by atoms with E-state index < -0.39 is 18.3 Å². The maximum absolute atomic E-state index is 13.1. The molecular formula is C27H34O4Se. The standard InChI is InChI=1S/C27H34O4Se/c1-17(2)21-15-14-18(3)16-22(21)30-27-25(32-20-12-8-5-9-13-20)23(26(29)31-27)24(28)19-10-6-4-7-11-19/h4-13,17-18,21-25,27-28H,14-16H2,1-3H3/t18-,21+,22-,23-,24+,25-,27-/m1/s1. The van der Waals surface area contributed by atoms with Crippen molar-refractivity contribution in [3.8, 4) is 0 Å². The first-order valence-electron chi connectivity index (χ1n) is 11.7. The molecule has 0 radical (unpaired) electrons. The Bertz CT molecular complexity index is 872. The number of hydrogen-bond acceptors (Lipinski definition) is 4. The van der Waals surface area contributed by atoms with Gasteiger partial charge in [0.1, 0.15) is 0 Å². The molecule has 32 heavy (non-hydrogen) atoms. The quantitative estimate of drug-likeness (QED) is 0.448. The van der Waals surface area contributed by atoms with Gasteiger partial charge in [0, 0.05) is 0 Å². The van der Waals surface area contributed by atoms with Crippen LogP contribution in [0.5, 0.6) is 0 Å². The first kappa shape index (κ1) is 23.5. The Morgan fingerprint density at radius 2 is 1.69 bits per heavy atom. The summed E-state index contributed by atoms with van der Waals surface area (Å²) in [4.78, 5) is 12.9. The topological polar surface area (TPSA) is 55.8 Å². The molecule has 2 fully saturated rings. The van der Waals surface area contributed by atoms with Crippen LogP contribution in [0.25, 0.3) is 0 Å². The summed E-state index contributed by atoms with van der Waals surface area (Å²) in [6.07, 6.45) is 1.93. The van der Waals surface area contributed by atoms with Crippen LogP contribution in [0.15, 0.2) is 60.7 Å². The molecule has 1 saturated heterocycles. The fourth-order valence-electron chi connectivity index (χ4n) is 5.06. The SMILES string of the molecule is CC(C)[C@@H]1CC[C@@H](C)C[C@H]1O[C@@H]1OC(=O)[C@H]([C@@H](O)c2ccccc2)[C@H]1[Se]c1ccccc1. The van der Waals surface area contributed by atoms with Crippen molar-refractivity contribution in [3.05, 3.63) is 66.2 Å². The number of aliphatic hydroxyl groups excluding tert-OH is 1. The predicted molar refractivity (Wildman–Crippen MR) is 127 cm³/mol. The number of cyclic esters (lactones) is 1. The normalized spacial score (nSPS) is 31.5. The molecule has 7 atom stereocenters. The van der Waals surface area contributed by atoms with Gasteiger partial charge in [0.25, 0.3) is 0 Å². The Morgan fingerprint density at radius 1 is 1.03 bits per heavy atom. The van der Waals surface area contributed by atoms with Gasteiger partial charge in [-0.15, -0.1) is 0 Å². The zero-order valence-corrected chi connectivity index (χ0v) is 20.8. The molecule has 1 aliphatic heterocycles. The molecule has 0 amide bonds. The molecule has 0 bridgehead atoms. The fraction of sp³-hybridized carbons (Fsp3) is 0.519. The third-order valence-electron chi connectivity index (χ3n) is 6.89. The van der Waals surface area contributed by atoms with Gasteiger partial charge in [-0.1, -0.05) is 0 Å². The Labute approximate surface area is 197 Å². The van der Waals surface area contributed by atoms with Crippen LogP contribution in [0.4, 0.5) is 0 Å². The molecule has 0 unspecified atom stereocenters. The molecular weight excluding hydrogens is 467 g/mol. The van der Waals surface area contributed by atoms with Crippen molar-refractivity contribution in [3.63, 3.8) is 0 Å². The van der Waals surface area contributed by atoms with Gasteiger partial charge < -0.3 is 0 Å². The van der Waals surface area contributed by atoms with Crippen LogP contribution in [0.1, 0.15) is 51.7 Å². The molecule has 4 rings (SSSR count). The van der Waals surface area contributed by atoms with Gasteiger partial charge in [-0.25, -0.2) is 0 Å². The van der Waals surface area contributed by atoms with E-state index in [9.17, 15) is 9.90 Å². The van der Waals surface area contributed by atoms with E-state index in [0.717, 1.165) is 18.4 Å². The van der Waals surface area contributed by atoms with Gasteiger partial charge in [-0.3, -0.25) is 0 Å². The second-order valence-corrected chi connectivity index (χ2v) is 12.2. The fourth-order valence-corrected chi connectivity index (χ4v) is 7.72. The van der Waals surface area contributed by atoms with E-state index in [2.05, 4.69) is 32.9 Å². The minimum atomic E-state index is -0.904. The van der Waals surface area contributed by atoms with E-state index >= 15 is 0 Å². The molecule has 1 saturated carbocycles. The summed E-state index contributed by atoms with van der Waals surface area (Å²) in [5, 5.41) is 11.2. The van der Waals surface area contributed by atoms with Gasteiger partial charge >= 0.3 is 198 Å². The number of rotatable bonds is 7. The second-order valence-electron chi connectivity index (χ2n) is 9.58. The number of hydrogen-bond donors (Lipinski definition) is 1. The number of carbonyl (C=O) groups is 1. The van der Waals surface area contributed by atoms with E-state index in [0.29, 0.717) is 17.8 Å². The van der Waals surface area contributed by atoms with Gasteiger partial charge in [0.15, 0.2) is 0 Å². The summed E-state index contributed by atoms with van der Waals surface area (Å²) in [7, 11) is 0. The van der Waals surface area contributed by atoms with Crippen molar-refractivity contribution < 1.29 is 19.4 Å². The molecule has 172 valence electrons. The van der Waals surface area contributed by atoms with E-state index in [1.807, 2.05) is 48.5 Å². The summed E-state index contributed by atoms with van der Waals surface area (Å²) in [5.41, 5.74) is 0.746. The van der Waals surface area contributed by atoms with Crippen molar-refractivity contribution in [2.45, 2.75) is 63.3 Å². The average molecular weight is 502 g/mol. The van der Waals surface area contributed by atoms with Crippen molar-refractivity contribution in [2.24, 2.45) is 23.7 Å². The monoisotopic (exact) mass is 502 g/mol. The molecule has 4 nitrogen and oxygen atoms in total. The minimum absolute atomic E-state index is 0.0773.